The number of nitrogens with one attached hydrogen (secondary N) is 1. The average molecular weight is 358 g/mol. The van der Waals surface area contributed by atoms with E-state index in [9.17, 15) is 4.79 Å². The van der Waals surface area contributed by atoms with Crippen molar-refractivity contribution in [1.29, 1.82) is 0 Å². The van der Waals surface area contributed by atoms with E-state index in [0.717, 1.165) is 21.1 Å². The van der Waals surface area contributed by atoms with E-state index < -0.39 is 0 Å². The zero-order valence-electron chi connectivity index (χ0n) is 13.9. The summed E-state index contributed by atoms with van der Waals surface area (Å²) in [6, 6.07) is 10.2. The number of thiazole rings is 1. The number of carbonyl (C=O) groups is 1. The van der Waals surface area contributed by atoms with Crippen LogP contribution in [0.15, 0.2) is 35.4 Å². The van der Waals surface area contributed by atoms with Crippen molar-refractivity contribution in [3.05, 3.63) is 46.5 Å². The SMILES string of the molecule is Cc1nc(NC(=O)CCSc2cc(C)c3ccccc3n2)sc1C. The number of rotatable bonds is 5. The third kappa shape index (κ3) is 3.94. The van der Waals surface area contributed by atoms with E-state index in [4.69, 9.17) is 0 Å². The molecule has 0 spiro atoms. The molecule has 6 heteroatoms. The molecule has 2 aromatic heterocycles. The minimum atomic E-state index is -0.00578. The van der Waals surface area contributed by atoms with Crippen molar-refractivity contribution in [3.8, 4) is 0 Å². The molecule has 4 nitrogen and oxygen atoms in total. The molecule has 0 fully saturated rings. The molecular formula is C18H19N3OS2. The molecule has 0 aliphatic rings. The number of hydrogen-bond acceptors (Lipinski definition) is 5. The van der Waals surface area contributed by atoms with E-state index in [1.807, 2.05) is 32.0 Å². The molecule has 0 unspecified atom stereocenters. The largest absolute Gasteiger partial charge is 0.302 e. The number of thioether (sulfide) groups is 1. The molecule has 0 atom stereocenters. The molecule has 3 aromatic rings. The Hall–Kier alpha value is -1.92. The highest BCUT2D eigenvalue weighted by molar-refractivity contribution is 7.99. The number of pyridine rings is 1. The van der Waals surface area contributed by atoms with Gasteiger partial charge in [0.2, 0.25) is 5.91 Å². The molecule has 3 rings (SSSR count). The summed E-state index contributed by atoms with van der Waals surface area (Å²) in [6.45, 7) is 6.05. The quantitative estimate of drug-likeness (QED) is 0.670. The summed E-state index contributed by atoms with van der Waals surface area (Å²) in [5, 5.41) is 5.68. The van der Waals surface area contributed by atoms with E-state index in [0.29, 0.717) is 17.3 Å². The second kappa shape index (κ2) is 7.32. The average Bonchev–Trinajstić information content (AvgIpc) is 2.85. The third-order valence-corrected chi connectivity index (χ3v) is 5.65. The Bertz CT molecular complexity index is 870. The summed E-state index contributed by atoms with van der Waals surface area (Å²) in [5.41, 5.74) is 3.18. The zero-order chi connectivity index (χ0) is 17.1. The van der Waals surface area contributed by atoms with Gasteiger partial charge in [-0.25, -0.2) is 9.97 Å². The first-order valence-electron chi connectivity index (χ1n) is 7.76. The van der Waals surface area contributed by atoms with Gasteiger partial charge in [-0.1, -0.05) is 18.2 Å². The van der Waals surface area contributed by atoms with Crippen LogP contribution in [-0.2, 0) is 4.79 Å². The lowest BCUT2D eigenvalue weighted by Gasteiger charge is -2.06. The van der Waals surface area contributed by atoms with Gasteiger partial charge in [0.05, 0.1) is 16.2 Å². The van der Waals surface area contributed by atoms with Crippen molar-refractivity contribution >= 4 is 45.0 Å². The molecule has 1 N–H and O–H groups in total. The Morgan fingerprint density at radius 1 is 1.21 bits per heavy atom. The van der Waals surface area contributed by atoms with E-state index >= 15 is 0 Å². The number of para-hydroxylation sites is 1. The first-order chi connectivity index (χ1) is 11.5. The van der Waals surface area contributed by atoms with Crippen molar-refractivity contribution in [3.63, 3.8) is 0 Å². The fourth-order valence-corrected chi connectivity index (χ4v) is 4.10. The molecule has 24 heavy (non-hydrogen) atoms. The number of hydrogen-bond donors (Lipinski definition) is 1. The van der Waals surface area contributed by atoms with Crippen LogP contribution in [0.2, 0.25) is 0 Å². The molecule has 0 radical (unpaired) electrons. The molecule has 1 amide bonds. The van der Waals surface area contributed by atoms with Crippen LogP contribution in [0.5, 0.6) is 0 Å². The Labute approximate surface area is 149 Å². The first-order valence-corrected chi connectivity index (χ1v) is 9.56. The molecule has 124 valence electrons. The molecule has 2 heterocycles. The normalized spacial score (nSPS) is 11.0. The van der Waals surface area contributed by atoms with Crippen LogP contribution in [0.1, 0.15) is 22.6 Å². The van der Waals surface area contributed by atoms with Crippen molar-refractivity contribution in [2.45, 2.75) is 32.2 Å². The van der Waals surface area contributed by atoms with Gasteiger partial charge in [0, 0.05) is 22.4 Å². The number of anilines is 1. The lowest BCUT2D eigenvalue weighted by molar-refractivity contribution is -0.115. The molecule has 1 aromatic carbocycles. The van der Waals surface area contributed by atoms with Gasteiger partial charge in [0.1, 0.15) is 0 Å². The maximum absolute atomic E-state index is 12.0. The minimum absolute atomic E-state index is 0.00578. The summed E-state index contributed by atoms with van der Waals surface area (Å²) in [7, 11) is 0. The Morgan fingerprint density at radius 3 is 2.75 bits per heavy atom. The molecule has 0 aliphatic heterocycles. The topological polar surface area (TPSA) is 54.9 Å². The maximum atomic E-state index is 12.0. The Morgan fingerprint density at radius 2 is 2.00 bits per heavy atom. The van der Waals surface area contributed by atoms with Crippen LogP contribution in [0.3, 0.4) is 0 Å². The number of carbonyl (C=O) groups excluding carboxylic acids is 1. The molecule has 0 aliphatic carbocycles. The second-order valence-corrected chi connectivity index (χ2v) is 7.92. The Balaban J connectivity index is 1.57. The fourth-order valence-electron chi connectivity index (χ4n) is 2.35. The van der Waals surface area contributed by atoms with Crippen LogP contribution in [0.4, 0.5) is 5.13 Å². The summed E-state index contributed by atoms with van der Waals surface area (Å²) >= 11 is 3.12. The zero-order valence-corrected chi connectivity index (χ0v) is 15.6. The number of amides is 1. The predicted molar refractivity (Wildman–Crippen MR) is 102 cm³/mol. The molecule has 0 saturated heterocycles. The lowest BCUT2D eigenvalue weighted by atomic mass is 10.1. The van der Waals surface area contributed by atoms with Gasteiger partial charge in [-0.2, -0.15) is 0 Å². The molecule has 0 bridgehead atoms. The highest BCUT2D eigenvalue weighted by Crippen LogP contribution is 2.25. The van der Waals surface area contributed by atoms with E-state index in [2.05, 4.69) is 34.3 Å². The highest BCUT2D eigenvalue weighted by Gasteiger charge is 2.09. The van der Waals surface area contributed by atoms with Crippen molar-refractivity contribution in [2.24, 2.45) is 0 Å². The van der Waals surface area contributed by atoms with Gasteiger partial charge < -0.3 is 5.32 Å². The van der Waals surface area contributed by atoms with Gasteiger partial charge in [0.15, 0.2) is 5.13 Å². The van der Waals surface area contributed by atoms with Crippen molar-refractivity contribution in [1.82, 2.24) is 9.97 Å². The fraction of sp³-hybridized carbons (Fsp3) is 0.278. The van der Waals surface area contributed by atoms with Crippen LogP contribution >= 0.6 is 23.1 Å². The first kappa shape index (κ1) is 16.9. The van der Waals surface area contributed by atoms with Crippen LogP contribution in [0, 0.1) is 20.8 Å². The van der Waals surface area contributed by atoms with E-state index in [1.165, 1.54) is 22.3 Å². The second-order valence-electron chi connectivity index (χ2n) is 5.60. The third-order valence-electron chi connectivity index (χ3n) is 3.75. The molecular weight excluding hydrogens is 338 g/mol. The van der Waals surface area contributed by atoms with E-state index in [1.54, 1.807) is 11.8 Å². The number of nitrogens with zero attached hydrogens (tertiary/aromatic N) is 2. The summed E-state index contributed by atoms with van der Waals surface area (Å²) in [4.78, 5) is 22.1. The van der Waals surface area contributed by atoms with Crippen molar-refractivity contribution < 1.29 is 4.79 Å². The van der Waals surface area contributed by atoms with Crippen molar-refractivity contribution in [2.75, 3.05) is 11.1 Å². The smallest absolute Gasteiger partial charge is 0.226 e. The van der Waals surface area contributed by atoms with Gasteiger partial charge in [0.25, 0.3) is 0 Å². The van der Waals surface area contributed by atoms with E-state index in [-0.39, 0.29) is 5.91 Å². The summed E-state index contributed by atoms with van der Waals surface area (Å²) in [5.74, 6) is 0.689. The summed E-state index contributed by atoms with van der Waals surface area (Å²) < 4.78 is 0. The maximum Gasteiger partial charge on any atom is 0.226 e. The van der Waals surface area contributed by atoms with Gasteiger partial charge in [-0.05, 0) is 38.5 Å². The number of aryl methyl sites for hydroxylation is 3. The number of benzene rings is 1. The highest BCUT2D eigenvalue weighted by atomic mass is 32.2. The van der Waals surface area contributed by atoms with Gasteiger partial charge >= 0.3 is 0 Å². The molecule has 0 saturated carbocycles. The number of aromatic nitrogens is 2. The van der Waals surface area contributed by atoms with Gasteiger partial charge in [-0.3, -0.25) is 4.79 Å². The van der Waals surface area contributed by atoms with Crippen LogP contribution in [0.25, 0.3) is 10.9 Å². The minimum Gasteiger partial charge on any atom is -0.302 e. The van der Waals surface area contributed by atoms with Crippen LogP contribution in [-0.4, -0.2) is 21.6 Å². The van der Waals surface area contributed by atoms with Gasteiger partial charge in [-0.15, -0.1) is 23.1 Å². The Kier molecular flexibility index (Phi) is 5.16. The number of fused-ring (bicyclic) bond motifs is 1. The van der Waals surface area contributed by atoms with Crippen LogP contribution < -0.4 is 5.32 Å². The summed E-state index contributed by atoms with van der Waals surface area (Å²) in [6.07, 6.45) is 0.440. The monoisotopic (exact) mass is 357 g/mol. The standard InChI is InChI=1S/C18H19N3OS2/c1-11-10-17(20-15-7-5-4-6-14(11)15)23-9-8-16(22)21-18-19-12(2)13(3)24-18/h4-7,10H,8-9H2,1-3H3,(H,19,21,22). The lowest BCUT2D eigenvalue weighted by Crippen LogP contribution is -2.12. The predicted octanol–water partition coefficient (Wildman–Crippen LogP) is 4.74.